The third kappa shape index (κ3) is 2.72. The molecule has 24 heavy (non-hydrogen) atoms. The van der Waals surface area contributed by atoms with Crippen molar-refractivity contribution in [3.05, 3.63) is 61.1 Å². The highest BCUT2D eigenvalue weighted by molar-refractivity contribution is 5.78. The van der Waals surface area contributed by atoms with Gasteiger partial charge in [0.1, 0.15) is 11.6 Å². The second kappa shape index (κ2) is 6.12. The maximum absolute atomic E-state index is 5.73. The standard InChI is InChI=1S/C19H16N4O/c1-2-24-16-11-14(13-5-8-20-9-6-13)10-15(12-16)18-22-17-4-3-7-21-19(17)23-18/h3-12H,2H2,1H3,(H,21,22,23). The van der Waals surface area contributed by atoms with Crippen LogP contribution in [0.4, 0.5) is 0 Å². The number of nitrogens with zero attached hydrogens (tertiary/aromatic N) is 3. The summed E-state index contributed by atoms with van der Waals surface area (Å²) in [5, 5.41) is 0. The van der Waals surface area contributed by atoms with E-state index in [1.165, 1.54) is 0 Å². The smallest absolute Gasteiger partial charge is 0.178 e. The Hall–Kier alpha value is -3.21. The van der Waals surface area contributed by atoms with E-state index in [0.29, 0.717) is 12.3 Å². The summed E-state index contributed by atoms with van der Waals surface area (Å²) < 4.78 is 5.73. The summed E-state index contributed by atoms with van der Waals surface area (Å²) in [6, 6.07) is 13.9. The molecule has 0 saturated carbocycles. The summed E-state index contributed by atoms with van der Waals surface area (Å²) in [4.78, 5) is 16.3. The van der Waals surface area contributed by atoms with Crippen LogP contribution in [-0.4, -0.2) is 26.5 Å². The minimum Gasteiger partial charge on any atom is -0.494 e. The lowest BCUT2D eigenvalue weighted by Gasteiger charge is -2.09. The molecule has 0 radical (unpaired) electrons. The number of imidazole rings is 1. The summed E-state index contributed by atoms with van der Waals surface area (Å²) in [6.45, 7) is 2.59. The molecule has 0 aliphatic heterocycles. The first kappa shape index (κ1) is 14.4. The quantitative estimate of drug-likeness (QED) is 0.616. The molecule has 5 nitrogen and oxygen atoms in total. The number of pyridine rings is 2. The number of H-pyrrole nitrogens is 1. The Labute approximate surface area is 139 Å². The van der Waals surface area contributed by atoms with Crippen molar-refractivity contribution in [2.24, 2.45) is 0 Å². The van der Waals surface area contributed by atoms with E-state index in [0.717, 1.165) is 33.8 Å². The fraction of sp³-hybridized carbons (Fsp3) is 0.105. The zero-order valence-electron chi connectivity index (χ0n) is 13.2. The molecular weight excluding hydrogens is 300 g/mol. The Bertz CT molecular complexity index is 946. The summed E-state index contributed by atoms with van der Waals surface area (Å²) in [7, 11) is 0. The van der Waals surface area contributed by atoms with Crippen LogP contribution in [0.25, 0.3) is 33.7 Å². The predicted molar refractivity (Wildman–Crippen MR) is 93.7 cm³/mol. The van der Waals surface area contributed by atoms with Gasteiger partial charge in [0.25, 0.3) is 0 Å². The van der Waals surface area contributed by atoms with Crippen LogP contribution in [0, 0.1) is 0 Å². The Kier molecular flexibility index (Phi) is 3.67. The predicted octanol–water partition coefficient (Wildman–Crippen LogP) is 4.09. The average molecular weight is 316 g/mol. The first-order valence-corrected chi connectivity index (χ1v) is 7.83. The second-order valence-corrected chi connectivity index (χ2v) is 5.37. The number of aromatic amines is 1. The molecule has 0 fully saturated rings. The summed E-state index contributed by atoms with van der Waals surface area (Å²) >= 11 is 0. The monoisotopic (exact) mass is 316 g/mol. The second-order valence-electron chi connectivity index (χ2n) is 5.37. The van der Waals surface area contributed by atoms with Crippen molar-refractivity contribution in [2.75, 3.05) is 6.61 Å². The van der Waals surface area contributed by atoms with Crippen LogP contribution in [0.5, 0.6) is 5.75 Å². The lowest BCUT2D eigenvalue weighted by atomic mass is 10.0. The molecule has 4 aromatic rings. The van der Waals surface area contributed by atoms with Crippen molar-refractivity contribution >= 4 is 11.2 Å². The topological polar surface area (TPSA) is 63.7 Å². The molecule has 0 aliphatic carbocycles. The molecule has 5 heteroatoms. The Morgan fingerprint density at radius 1 is 0.958 bits per heavy atom. The third-order valence-electron chi connectivity index (χ3n) is 3.76. The van der Waals surface area contributed by atoms with Gasteiger partial charge in [-0.25, -0.2) is 9.97 Å². The fourth-order valence-electron chi connectivity index (χ4n) is 2.68. The number of fused-ring (bicyclic) bond motifs is 1. The molecular formula is C19H16N4O. The lowest BCUT2D eigenvalue weighted by Crippen LogP contribution is -1.93. The van der Waals surface area contributed by atoms with Crippen LogP contribution >= 0.6 is 0 Å². The van der Waals surface area contributed by atoms with Gasteiger partial charge in [-0.2, -0.15) is 0 Å². The van der Waals surface area contributed by atoms with Gasteiger partial charge in [-0.15, -0.1) is 0 Å². The first-order chi connectivity index (χ1) is 11.8. The van der Waals surface area contributed by atoms with E-state index in [1.807, 2.05) is 43.3 Å². The maximum Gasteiger partial charge on any atom is 0.178 e. The minimum absolute atomic E-state index is 0.612. The van der Waals surface area contributed by atoms with Crippen LogP contribution in [0.2, 0.25) is 0 Å². The molecule has 0 bridgehead atoms. The van der Waals surface area contributed by atoms with E-state index < -0.39 is 0 Å². The summed E-state index contributed by atoms with van der Waals surface area (Å²) in [5.41, 5.74) is 4.74. The lowest BCUT2D eigenvalue weighted by molar-refractivity contribution is 0.340. The van der Waals surface area contributed by atoms with E-state index in [4.69, 9.17) is 4.74 Å². The average Bonchev–Trinajstić information content (AvgIpc) is 3.07. The Morgan fingerprint density at radius 3 is 2.58 bits per heavy atom. The van der Waals surface area contributed by atoms with Gasteiger partial charge >= 0.3 is 0 Å². The Balaban J connectivity index is 1.86. The fourth-order valence-corrected chi connectivity index (χ4v) is 2.68. The minimum atomic E-state index is 0.612. The van der Waals surface area contributed by atoms with Gasteiger partial charge in [0.2, 0.25) is 0 Å². The van der Waals surface area contributed by atoms with Crippen LogP contribution in [0.15, 0.2) is 61.1 Å². The van der Waals surface area contributed by atoms with Gasteiger partial charge in [-0.1, -0.05) is 0 Å². The molecule has 0 aliphatic rings. The Morgan fingerprint density at radius 2 is 1.79 bits per heavy atom. The van der Waals surface area contributed by atoms with Crippen molar-refractivity contribution in [2.45, 2.75) is 6.92 Å². The molecule has 0 amide bonds. The van der Waals surface area contributed by atoms with Gasteiger partial charge < -0.3 is 9.72 Å². The molecule has 118 valence electrons. The normalized spacial score (nSPS) is 10.9. The van der Waals surface area contributed by atoms with Crippen molar-refractivity contribution in [1.82, 2.24) is 19.9 Å². The summed E-state index contributed by atoms with van der Waals surface area (Å²) in [5.74, 6) is 1.59. The number of aromatic nitrogens is 4. The number of benzene rings is 1. The highest BCUT2D eigenvalue weighted by Gasteiger charge is 2.10. The zero-order chi connectivity index (χ0) is 16.4. The van der Waals surface area contributed by atoms with E-state index in [2.05, 4.69) is 26.0 Å². The van der Waals surface area contributed by atoms with Gasteiger partial charge in [-0.05, 0) is 60.5 Å². The highest BCUT2D eigenvalue weighted by Crippen LogP contribution is 2.30. The van der Waals surface area contributed by atoms with Crippen molar-refractivity contribution in [1.29, 1.82) is 0 Å². The summed E-state index contributed by atoms with van der Waals surface area (Å²) in [6.07, 6.45) is 5.31. The van der Waals surface area contributed by atoms with E-state index in [9.17, 15) is 0 Å². The first-order valence-electron chi connectivity index (χ1n) is 7.83. The molecule has 0 unspecified atom stereocenters. The van der Waals surface area contributed by atoms with Crippen LogP contribution in [-0.2, 0) is 0 Å². The molecule has 3 heterocycles. The number of hydrogen-bond donors (Lipinski definition) is 1. The molecule has 4 rings (SSSR count). The molecule has 0 spiro atoms. The molecule has 1 N–H and O–H groups in total. The molecule has 0 atom stereocenters. The van der Waals surface area contributed by atoms with E-state index in [-0.39, 0.29) is 0 Å². The number of rotatable bonds is 4. The van der Waals surface area contributed by atoms with Crippen molar-refractivity contribution in [3.63, 3.8) is 0 Å². The molecule has 1 aromatic carbocycles. The van der Waals surface area contributed by atoms with Gasteiger partial charge in [0, 0.05) is 24.2 Å². The number of ether oxygens (including phenoxy) is 1. The zero-order valence-corrected chi connectivity index (χ0v) is 13.2. The van der Waals surface area contributed by atoms with Gasteiger partial charge in [0.05, 0.1) is 12.1 Å². The van der Waals surface area contributed by atoms with Crippen LogP contribution in [0.3, 0.4) is 0 Å². The van der Waals surface area contributed by atoms with Gasteiger partial charge in [0.15, 0.2) is 5.65 Å². The maximum atomic E-state index is 5.73. The third-order valence-corrected chi connectivity index (χ3v) is 3.76. The number of hydrogen-bond acceptors (Lipinski definition) is 4. The highest BCUT2D eigenvalue weighted by atomic mass is 16.5. The van der Waals surface area contributed by atoms with Crippen molar-refractivity contribution < 1.29 is 4.74 Å². The molecule has 0 saturated heterocycles. The van der Waals surface area contributed by atoms with Crippen LogP contribution in [0.1, 0.15) is 6.92 Å². The van der Waals surface area contributed by atoms with Crippen molar-refractivity contribution in [3.8, 4) is 28.3 Å². The van der Waals surface area contributed by atoms with Gasteiger partial charge in [-0.3, -0.25) is 4.98 Å². The SMILES string of the molecule is CCOc1cc(-c2ccncc2)cc(-c2nc3ncccc3[nH]2)c1. The molecule has 3 aromatic heterocycles. The van der Waals surface area contributed by atoms with E-state index in [1.54, 1.807) is 18.6 Å². The largest absolute Gasteiger partial charge is 0.494 e. The van der Waals surface area contributed by atoms with Crippen LogP contribution < -0.4 is 4.74 Å². The van der Waals surface area contributed by atoms with E-state index >= 15 is 0 Å². The number of nitrogens with one attached hydrogen (secondary N) is 1.